The van der Waals surface area contributed by atoms with Gasteiger partial charge in [-0.15, -0.1) is 17.0 Å². The molecule has 2 rings (SSSR count). The first-order valence-electron chi connectivity index (χ1n) is 4.64. The summed E-state index contributed by atoms with van der Waals surface area (Å²) in [4.78, 5) is 11.8. The number of carbonyl (C=O) groups excluding carboxylic acids is 1. The minimum Gasteiger partial charge on any atom is -0.432 e. The summed E-state index contributed by atoms with van der Waals surface area (Å²) < 4.78 is 6.20. The molecule has 0 amide bonds. The number of benzene rings is 1. The highest BCUT2D eigenvalue weighted by Gasteiger charge is 2.07. The molecule has 1 N–H and O–H groups in total. The molecule has 2 aromatic rings. The largest absolute Gasteiger partial charge is 0.432 e. The summed E-state index contributed by atoms with van der Waals surface area (Å²) in [7, 11) is 0. The Morgan fingerprint density at radius 1 is 1.35 bits per heavy atom. The number of carbonyl (C=O) groups is 1. The lowest BCUT2D eigenvalue weighted by Crippen LogP contribution is -2.19. The number of halogens is 2. The maximum atomic E-state index is 11.8. The number of nitrogens with zero attached hydrogens (tertiary/aromatic N) is 1. The van der Waals surface area contributed by atoms with Gasteiger partial charge in [0.25, 0.3) is 5.68 Å². The molecule has 17 heavy (non-hydrogen) atoms. The zero-order valence-electron chi connectivity index (χ0n) is 8.72. The fraction of sp³-hybridized carbons (Fsp3) is 0.0909. The first-order chi connectivity index (χ1) is 7.66. The first-order valence-corrected chi connectivity index (χ1v) is 5.02. The molecule has 0 bridgehead atoms. The monoisotopic (exact) mass is 316 g/mol. The van der Waals surface area contributed by atoms with Crippen molar-refractivity contribution in [1.82, 2.24) is 4.57 Å². The summed E-state index contributed by atoms with van der Waals surface area (Å²) in [6.07, 6.45) is 2.92. The lowest BCUT2D eigenvalue weighted by atomic mass is 10.1. The van der Waals surface area contributed by atoms with Gasteiger partial charge in [-0.3, -0.25) is 14.8 Å². The van der Waals surface area contributed by atoms with Gasteiger partial charge in [-0.05, 0) is 24.3 Å². The SMILES string of the molecule is Br.N=c1occn1CC(=O)c1ccc(Cl)cc1. The third-order valence-corrected chi connectivity index (χ3v) is 2.41. The van der Waals surface area contributed by atoms with E-state index < -0.39 is 0 Å². The first kappa shape index (κ1) is 13.7. The van der Waals surface area contributed by atoms with Crippen molar-refractivity contribution in [3.05, 3.63) is 53.0 Å². The summed E-state index contributed by atoms with van der Waals surface area (Å²) in [5.74, 6) is -0.0865. The van der Waals surface area contributed by atoms with Crippen molar-refractivity contribution in [2.75, 3.05) is 0 Å². The lowest BCUT2D eigenvalue weighted by Gasteiger charge is -2.01. The second-order valence-electron chi connectivity index (χ2n) is 3.27. The van der Waals surface area contributed by atoms with Crippen LogP contribution in [0.4, 0.5) is 0 Å². The summed E-state index contributed by atoms with van der Waals surface area (Å²) in [6.45, 7) is 0.0942. The summed E-state index contributed by atoms with van der Waals surface area (Å²) in [5.41, 5.74) is 0.528. The van der Waals surface area contributed by atoms with Crippen LogP contribution in [0.15, 0.2) is 41.1 Å². The van der Waals surface area contributed by atoms with E-state index in [0.717, 1.165) is 0 Å². The Labute approximate surface area is 113 Å². The Balaban J connectivity index is 0.00000144. The van der Waals surface area contributed by atoms with Crippen LogP contribution >= 0.6 is 28.6 Å². The number of oxazole rings is 1. The Hall–Kier alpha value is -1.33. The maximum Gasteiger partial charge on any atom is 0.294 e. The molecule has 0 aliphatic carbocycles. The summed E-state index contributed by atoms with van der Waals surface area (Å²) in [6, 6.07) is 6.65. The van der Waals surface area contributed by atoms with E-state index in [-0.39, 0.29) is 35.0 Å². The van der Waals surface area contributed by atoms with Crippen molar-refractivity contribution < 1.29 is 9.21 Å². The van der Waals surface area contributed by atoms with E-state index in [4.69, 9.17) is 21.4 Å². The molecule has 4 nitrogen and oxygen atoms in total. The van der Waals surface area contributed by atoms with Crippen LogP contribution < -0.4 is 5.68 Å². The lowest BCUT2D eigenvalue weighted by molar-refractivity contribution is 0.0968. The second kappa shape index (κ2) is 5.84. The van der Waals surface area contributed by atoms with Gasteiger partial charge in [0, 0.05) is 16.8 Å². The zero-order chi connectivity index (χ0) is 11.5. The molecule has 1 aromatic heterocycles. The number of nitrogens with one attached hydrogen (secondary N) is 1. The molecule has 1 heterocycles. The molecule has 0 saturated heterocycles. The average Bonchev–Trinajstić information content (AvgIpc) is 2.65. The van der Waals surface area contributed by atoms with Gasteiger partial charge in [-0.25, -0.2) is 0 Å². The third-order valence-electron chi connectivity index (χ3n) is 2.16. The molecule has 0 atom stereocenters. The predicted octanol–water partition coefficient (Wildman–Crippen LogP) is 2.67. The molecule has 0 radical (unpaired) electrons. The van der Waals surface area contributed by atoms with Gasteiger partial charge in [-0.1, -0.05) is 11.6 Å². The number of Topliss-reactive ketones (excluding diaryl/α,β-unsaturated/α-hetero) is 1. The van der Waals surface area contributed by atoms with Crippen LogP contribution in [0.2, 0.25) is 5.02 Å². The predicted molar refractivity (Wildman–Crippen MR) is 68.7 cm³/mol. The Kier molecular flexibility index (Phi) is 4.72. The van der Waals surface area contributed by atoms with E-state index in [9.17, 15) is 4.79 Å². The van der Waals surface area contributed by atoms with Crippen LogP contribution in [0.25, 0.3) is 0 Å². The molecule has 0 aliphatic rings. The molecule has 0 spiro atoms. The van der Waals surface area contributed by atoms with Crippen molar-refractivity contribution in [2.24, 2.45) is 0 Å². The van der Waals surface area contributed by atoms with Crippen molar-refractivity contribution >= 4 is 34.4 Å². The van der Waals surface area contributed by atoms with Gasteiger partial charge in [0.1, 0.15) is 6.26 Å². The topological polar surface area (TPSA) is 59.0 Å². The van der Waals surface area contributed by atoms with Gasteiger partial charge in [-0.2, -0.15) is 0 Å². The van der Waals surface area contributed by atoms with Crippen LogP contribution in [0.1, 0.15) is 10.4 Å². The highest BCUT2D eigenvalue weighted by molar-refractivity contribution is 8.93. The van der Waals surface area contributed by atoms with Crippen LogP contribution in [-0.2, 0) is 6.54 Å². The molecule has 0 fully saturated rings. The Bertz CT molecular complexity index is 559. The van der Waals surface area contributed by atoms with E-state index in [0.29, 0.717) is 10.6 Å². The number of hydrogen-bond acceptors (Lipinski definition) is 3. The minimum atomic E-state index is -0.0865. The molecular formula is C11H10BrClN2O2. The number of ketones is 1. The standard InChI is InChI=1S/C11H9ClN2O2.BrH/c12-9-3-1-8(2-4-9)10(15)7-14-5-6-16-11(14)13;/h1-6,13H,7H2;1H. The molecule has 0 saturated carbocycles. The Morgan fingerprint density at radius 3 is 2.53 bits per heavy atom. The maximum absolute atomic E-state index is 11.8. The highest BCUT2D eigenvalue weighted by Crippen LogP contribution is 2.10. The minimum absolute atomic E-state index is 0. The zero-order valence-corrected chi connectivity index (χ0v) is 11.2. The van der Waals surface area contributed by atoms with Crippen LogP contribution in [0.5, 0.6) is 0 Å². The fourth-order valence-corrected chi connectivity index (χ4v) is 1.44. The molecule has 0 unspecified atom stereocenters. The molecule has 6 heteroatoms. The third kappa shape index (κ3) is 3.31. The van der Waals surface area contributed by atoms with Crippen molar-refractivity contribution in [3.63, 3.8) is 0 Å². The van der Waals surface area contributed by atoms with Crippen molar-refractivity contribution in [3.8, 4) is 0 Å². The van der Waals surface area contributed by atoms with Gasteiger partial charge in [0.2, 0.25) is 0 Å². The summed E-state index contributed by atoms with van der Waals surface area (Å²) in [5, 5.41) is 7.96. The van der Waals surface area contributed by atoms with E-state index in [2.05, 4.69) is 0 Å². The smallest absolute Gasteiger partial charge is 0.294 e. The normalized spacial score (nSPS) is 9.71. The van der Waals surface area contributed by atoms with Crippen LogP contribution in [-0.4, -0.2) is 10.4 Å². The second-order valence-corrected chi connectivity index (χ2v) is 3.70. The number of aromatic nitrogens is 1. The molecule has 1 aromatic carbocycles. The van der Waals surface area contributed by atoms with Gasteiger partial charge < -0.3 is 4.42 Å². The van der Waals surface area contributed by atoms with Gasteiger partial charge in [0.05, 0.1) is 6.54 Å². The average molecular weight is 318 g/mol. The van der Waals surface area contributed by atoms with Gasteiger partial charge >= 0.3 is 0 Å². The quantitative estimate of drug-likeness (QED) is 0.885. The number of hydrogen-bond donors (Lipinski definition) is 1. The highest BCUT2D eigenvalue weighted by atomic mass is 79.9. The van der Waals surface area contributed by atoms with E-state index in [1.165, 1.54) is 10.8 Å². The number of rotatable bonds is 3. The summed E-state index contributed by atoms with van der Waals surface area (Å²) >= 11 is 5.72. The van der Waals surface area contributed by atoms with E-state index >= 15 is 0 Å². The van der Waals surface area contributed by atoms with Crippen LogP contribution in [0.3, 0.4) is 0 Å². The Morgan fingerprint density at radius 2 is 2.00 bits per heavy atom. The fourth-order valence-electron chi connectivity index (χ4n) is 1.31. The van der Waals surface area contributed by atoms with Crippen molar-refractivity contribution in [1.29, 1.82) is 5.41 Å². The van der Waals surface area contributed by atoms with Gasteiger partial charge in [0.15, 0.2) is 5.78 Å². The van der Waals surface area contributed by atoms with Crippen molar-refractivity contribution in [2.45, 2.75) is 6.54 Å². The molecule has 0 aliphatic heterocycles. The molecular weight excluding hydrogens is 307 g/mol. The van der Waals surface area contributed by atoms with Crippen LogP contribution in [0, 0.1) is 5.41 Å². The van der Waals surface area contributed by atoms with E-state index in [1.54, 1.807) is 30.5 Å². The molecule has 90 valence electrons. The van der Waals surface area contributed by atoms with E-state index in [1.807, 2.05) is 0 Å².